The first-order valence-electron chi connectivity index (χ1n) is 6.89. The van der Waals surface area contributed by atoms with E-state index in [1.165, 1.54) is 0 Å². The van der Waals surface area contributed by atoms with Gasteiger partial charge in [0, 0.05) is 44.8 Å². The van der Waals surface area contributed by atoms with Gasteiger partial charge in [0.25, 0.3) is 0 Å². The Balaban J connectivity index is 1.78. The van der Waals surface area contributed by atoms with E-state index in [0.717, 1.165) is 37.8 Å². The number of aryl methyl sites for hydroxylation is 1. The smallest absolute Gasteiger partial charge is 0.226 e. The van der Waals surface area contributed by atoms with Crippen LogP contribution in [0, 0.1) is 12.8 Å². The maximum Gasteiger partial charge on any atom is 0.226 e. The van der Waals surface area contributed by atoms with Crippen molar-refractivity contribution >= 4 is 17.7 Å². The van der Waals surface area contributed by atoms with Gasteiger partial charge in [0.05, 0.1) is 6.54 Å². The predicted molar refractivity (Wildman–Crippen MR) is 78.4 cm³/mol. The van der Waals surface area contributed by atoms with Crippen LogP contribution in [0.15, 0.2) is 4.52 Å². The summed E-state index contributed by atoms with van der Waals surface area (Å²) in [4.78, 5) is 20.6. The summed E-state index contributed by atoms with van der Waals surface area (Å²) in [6.45, 7) is 7.80. The van der Waals surface area contributed by atoms with Crippen LogP contribution in [0.2, 0.25) is 0 Å². The molecule has 1 amide bonds. The van der Waals surface area contributed by atoms with Crippen LogP contribution in [-0.2, 0) is 11.3 Å². The molecule has 112 valence electrons. The van der Waals surface area contributed by atoms with Gasteiger partial charge in [0.2, 0.25) is 11.8 Å². The minimum absolute atomic E-state index is 0.108. The van der Waals surface area contributed by atoms with Crippen LogP contribution >= 0.6 is 11.8 Å². The lowest BCUT2D eigenvalue weighted by atomic mass is 10.1. The number of hydrogen-bond donors (Lipinski definition) is 0. The molecule has 0 saturated carbocycles. The Morgan fingerprint density at radius 1 is 1.40 bits per heavy atom. The zero-order valence-electron chi connectivity index (χ0n) is 12.3. The zero-order valence-corrected chi connectivity index (χ0v) is 13.2. The van der Waals surface area contributed by atoms with Gasteiger partial charge in [-0.3, -0.25) is 9.69 Å². The van der Waals surface area contributed by atoms with Crippen molar-refractivity contribution < 1.29 is 9.32 Å². The molecular formula is C13H22N4O2S. The van der Waals surface area contributed by atoms with Gasteiger partial charge in [-0.25, -0.2) is 0 Å². The largest absolute Gasteiger partial charge is 0.340 e. The van der Waals surface area contributed by atoms with E-state index in [0.29, 0.717) is 12.4 Å². The molecule has 1 aromatic rings. The molecule has 1 fully saturated rings. The molecule has 0 spiro atoms. The summed E-state index contributed by atoms with van der Waals surface area (Å²) in [7, 11) is 0. The van der Waals surface area contributed by atoms with E-state index in [4.69, 9.17) is 4.52 Å². The normalized spacial score (nSPS) is 18.2. The van der Waals surface area contributed by atoms with Crippen LogP contribution < -0.4 is 0 Å². The first kappa shape index (κ1) is 15.3. The second-order valence-electron chi connectivity index (χ2n) is 5.19. The monoisotopic (exact) mass is 298 g/mol. The molecule has 7 heteroatoms. The fourth-order valence-corrected chi connectivity index (χ4v) is 3.01. The van der Waals surface area contributed by atoms with Gasteiger partial charge in [0.1, 0.15) is 0 Å². The molecule has 2 rings (SSSR count). The van der Waals surface area contributed by atoms with Gasteiger partial charge < -0.3 is 9.42 Å². The van der Waals surface area contributed by atoms with Crippen LogP contribution in [0.4, 0.5) is 0 Å². The fraction of sp³-hybridized carbons (Fsp3) is 0.769. The summed E-state index contributed by atoms with van der Waals surface area (Å²) in [6, 6.07) is 0. The maximum absolute atomic E-state index is 12.2. The molecule has 1 saturated heterocycles. The van der Waals surface area contributed by atoms with Crippen molar-refractivity contribution in [3.63, 3.8) is 0 Å². The molecule has 0 aromatic carbocycles. The fourth-order valence-electron chi connectivity index (χ4n) is 2.36. The number of carbonyl (C=O) groups is 1. The number of rotatable bonds is 5. The highest BCUT2D eigenvalue weighted by molar-refractivity contribution is 7.98. The first-order chi connectivity index (χ1) is 9.60. The standard InChI is InChI=1S/C13H22N4O2S/c1-10(9-20-3)13(18)17-6-4-16(5-7-17)8-12-14-11(2)19-15-12/h10H,4-9H2,1-3H3/t10-/m0/s1. The van der Waals surface area contributed by atoms with Crippen LogP contribution in [0.1, 0.15) is 18.6 Å². The number of aromatic nitrogens is 2. The van der Waals surface area contributed by atoms with E-state index in [1.54, 1.807) is 18.7 Å². The highest BCUT2D eigenvalue weighted by atomic mass is 32.2. The van der Waals surface area contributed by atoms with E-state index in [1.807, 2.05) is 18.1 Å². The van der Waals surface area contributed by atoms with Gasteiger partial charge in [-0.2, -0.15) is 16.7 Å². The lowest BCUT2D eigenvalue weighted by Gasteiger charge is -2.35. The predicted octanol–water partition coefficient (Wildman–Crippen LogP) is 1.02. The Morgan fingerprint density at radius 3 is 2.65 bits per heavy atom. The second kappa shape index (κ2) is 7.08. The molecule has 1 aliphatic heterocycles. The Labute approximate surface area is 123 Å². The van der Waals surface area contributed by atoms with E-state index in [-0.39, 0.29) is 11.8 Å². The lowest BCUT2D eigenvalue weighted by molar-refractivity contribution is -0.136. The van der Waals surface area contributed by atoms with Crippen molar-refractivity contribution in [2.75, 3.05) is 38.2 Å². The highest BCUT2D eigenvalue weighted by Crippen LogP contribution is 2.12. The molecule has 0 radical (unpaired) electrons. The molecule has 2 heterocycles. The molecule has 0 aliphatic carbocycles. The van der Waals surface area contributed by atoms with E-state index < -0.39 is 0 Å². The number of nitrogens with zero attached hydrogens (tertiary/aromatic N) is 4. The number of hydrogen-bond acceptors (Lipinski definition) is 6. The van der Waals surface area contributed by atoms with Crippen molar-refractivity contribution in [2.45, 2.75) is 20.4 Å². The molecule has 20 heavy (non-hydrogen) atoms. The third-order valence-electron chi connectivity index (χ3n) is 3.46. The van der Waals surface area contributed by atoms with Gasteiger partial charge >= 0.3 is 0 Å². The van der Waals surface area contributed by atoms with E-state index in [2.05, 4.69) is 15.0 Å². The Morgan fingerprint density at radius 2 is 2.10 bits per heavy atom. The van der Waals surface area contributed by atoms with Crippen LogP contribution in [0.3, 0.4) is 0 Å². The van der Waals surface area contributed by atoms with Gasteiger partial charge in [-0.15, -0.1) is 0 Å². The van der Waals surface area contributed by atoms with Crippen LogP contribution in [0.5, 0.6) is 0 Å². The Bertz CT molecular complexity index is 443. The number of carbonyl (C=O) groups excluding carboxylic acids is 1. The third-order valence-corrected chi connectivity index (χ3v) is 4.29. The van der Waals surface area contributed by atoms with Crippen molar-refractivity contribution in [1.29, 1.82) is 0 Å². The number of thioether (sulfide) groups is 1. The summed E-state index contributed by atoms with van der Waals surface area (Å²) in [5, 5.41) is 3.91. The lowest BCUT2D eigenvalue weighted by Crippen LogP contribution is -2.50. The minimum Gasteiger partial charge on any atom is -0.340 e. The highest BCUT2D eigenvalue weighted by Gasteiger charge is 2.25. The third kappa shape index (κ3) is 3.96. The SMILES string of the molecule is CSC[C@H](C)C(=O)N1CCN(Cc2noc(C)n2)CC1. The summed E-state index contributed by atoms with van der Waals surface area (Å²) in [5.41, 5.74) is 0. The maximum atomic E-state index is 12.2. The molecular weight excluding hydrogens is 276 g/mol. The Kier molecular flexibility index (Phi) is 5.42. The van der Waals surface area contributed by atoms with Crippen molar-refractivity contribution in [3.8, 4) is 0 Å². The second-order valence-corrected chi connectivity index (χ2v) is 6.10. The van der Waals surface area contributed by atoms with Crippen molar-refractivity contribution in [3.05, 3.63) is 11.7 Å². The van der Waals surface area contributed by atoms with Gasteiger partial charge in [-0.1, -0.05) is 12.1 Å². The molecule has 0 unspecified atom stereocenters. The minimum atomic E-state index is 0.108. The molecule has 0 N–H and O–H groups in total. The van der Waals surface area contributed by atoms with Gasteiger partial charge in [-0.05, 0) is 6.26 Å². The molecule has 1 aromatic heterocycles. The summed E-state index contributed by atoms with van der Waals surface area (Å²) in [6.07, 6.45) is 2.04. The molecule has 1 aliphatic rings. The van der Waals surface area contributed by atoms with Crippen LogP contribution in [0.25, 0.3) is 0 Å². The summed E-state index contributed by atoms with van der Waals surface area (Å²) < 4.78 is 4.97. The summed E-state index contributed by atoms with van der Waals surface area (Å²) >= 11 is 1.72. The average molecular weight is 298 g/mol. The van der Waals surface area contributed by atoms with Crippen LogP contribution in [-0.4, -0.2) is 64.0 Å². The number of piperazine rings is 1. The first-order valence-corrected chi connectivity index (χ1v) is 8.28. The molecule has 1 atom stereocenters. The molecule has 0 bridgehead atoms. The number of amides is 1. The van der Waals surface area contributed by atoms with Gasteiger partial charge in [0.15, 0.2) is 5.82 Å². The summed E-state index contributed by atoms with van der Waals surface area (Å²) in [5.74, 6) is 2.59. The Hall–Kier alpha value is -1.08. The zero-order chi connectivity index (χ0) is 14.5. The van der Waals surface area contributed by atoms with Crippen molar-refractivity contribution in [1.82, 2.24) is 19.9 Å². The quantitative estimate of drug-likeness (QED) is 0.809. The van der Waals surface area contributed by atoms with Crippen molar-refractivity contribution in [2.24, 2.45) is 5.92 Å². The van der Waals surface area contributed by atoms with E-state index >= 15 is 0 Å². The topological polar surface area (TPSA) is 62.5 Å². The van der Waals surface area contributed by atoms with E-state index in [9.17, 15) is 4.79 Å². The molecule has 6 nitrogen and oxygen atoms in total. The average Bonchev–Trinajstić information content (AvgIpc) is 2.84.